The molecule has 0 aliphatic heterocycles. The molecular formula is C19H19F2N3O2S. The predicted molar refractivity (Wildman–Crippen MR) is 98.5 cm³/mol. The molecule has 0 amide bonds. The van der Waals surface area contributed by atoms with Gasteiger partial charge >= 0.3 is 0 Å². The van der Waals surface area contributed by atoms with Crippen molar-refractivity contribution < 1.29 is 17.2 Å². The van der Waals surface area contributed by atoms with Crippen LogP contribution in [-0.4, -0.2) is 36.5 Å². The quantitative estimate of drug-likeness (QED) is 0.669. The topological polar surface area (TPSA) is 66.1 Å². The van der Waals surface area contributed by atoms with Crippen molar-refractivity contribution in [3.05, 3.63) is 71.9 Å². The van der Waals surface area contributed by atoms with Gasteiger partial charge in [-0.1, -0.05) is 30.3 Å². The summed E-state index contributed by atoms with van der Waals surface area (Å²) in [6.07, 6.45) is 1.13. The van der Waals surface area contributed by atoms with Crippen LogP contribution in [0.25, 0.3) is 11.3 Å². The van der Waals surface area contributed by atoms with E-state index in [0.717, 1.165) is 33.4 Å². The van der Waals surface area contributed by atoms with Crippen molar-refractivity contribution in [1.82, 2.24) is 14.5 Å². The molecule has 2 aromatic carbocycles. The number of nitrogens with one attached hydrogen (secondary N) is 1. The smallest absolute Gasteiger partial charge is 0.243 e. The number of sulfonamides is 1. The second kappa shape index (κ2) is 7.98. The van der Waals surface area contributed by atoms with Gasteiger partial charge < -0.3 is 0 Å². The lowest BCUT2D eigenvalue weighted by Gasteiger charge is -2.17. The lowest BCUT2D eigenvalue weighted by Crippen LogP contribution is -2.28. The first-order chi connectivity index (χ1) is 12.9. The summed E-state index contributed by atoms with van der Waals surface area (Å²) < 4.78 is 52.6. The van der Waals surface area contributed by atoms with Gasteiger partial charge in [-0.2, -0.15) is 5.10 Å². The van der Waals surface area contributed by atoms with E-state index < -0.39 is 26.6 Å². The highest BCUT2D eigenvalue weighted by molar-refractivity contribution is 7.89. The Hall–Kier alpha value is -2.58. The van der Waals surface area contributed by atoms with Crippen molar-refractivity contribution in [3.8, 4) is 11.3 Å². The molecule has 3 rings (SSSR count). The Bertz CT molecular complexity index is 1000. The fourth-order valence-electron chi connectivity index (χ4n) is 2.72. The number of halogens is 2. The SMILES string of the molecule is CN(CCCc1cc(-c2ccccc2)n[nH]1)S(=O)(=O)c1cc(F)cc(F)c1. The number of benzene rings is 2. The maximum atomic E-state index is 13.3. The van der Waals surface area contributed by atoms with Gasteiger partial charge in [0.1, 0.15) is 11.6 Å². The number of aromatic amines is 1. The Morgan fingerprint density at radius 2 is 1.70 bits per heavy atom. The number of nitrogens with zero attached hydrogens (tertiary/aromatic N) is 2. The van der Waals surface area contributed by atoms with Crippen molar-refractivity contribution in [2.75, 3.05) is 13.6 Å². The Morgan fingerprint density at radius 3 is 2.37 bits per heavy atom. The zero-order chi connectivity index (χ0) is 19.4. The molecule has 0 unspecified atom stereocenters. The van der Waals surface area contributed by atoms with E-state index in [4.69, 9.17) is 0 Å². The number of hydrogen-bond donors (Lipinski definition) is 1. The third-order valence-corrected chi connectivity index (χ3v) is 6.00. The molecule has 142 valence electrons. The van der Waals surface area contributed by atoms with Gasteiger partial charge in [0, 0.05) is 30.9 Å². The first-order valence-corrected chi connectivity index (χ1v) is 9.82. The lowest BCUT2D eigenvalue weighted by atomic mass is 10.1. The van der Waals surface area contributed by atoms with Crippen LogP contribution in [-0.2, 0) is 16.4 Å². The van der Waals surface area contributed by atoms with Crippen LogP contribution in [0, 0.1) is 11.6 Å². The summed E-state index contributed by atoms with van der Waals surface area (Å²) in [7, 11) is -2.56. The van der Waals surface area contributed by atoms with E-state index in [2.05, 4.69) is 10.2 Å². The van der Waals surface area contributed by atoms with Crippen LogP contribution in [0.15, 0.2) is 59.5 Å². The highest BCUT2D eigenvalue weighted by Gasteiger charge is 2.22. The molecule has 0 spiro atoms. The van der Waals surface area contributed by atoms with Crippen LogP contribution in [0.2, 0.25) is 0 Å². The highest BCUT2D eigenvalue weighted by atomic mass is 32.2. The average Bonchev–Trinajstić information content (AvgIpc) is 3.10. The molecule has 0 atom stereocenters. The molecule has 0 bridgehead atoms. The molecule has 27 heavy (non-hydrogen) atoms. The van der Waals surface area contributed by atoms with Crippen LogP contribution in [0.1, 0.15) is 12.1 Å². The van der Waals surface area contributed by atoms with Crippen LogP contribution < -0.4 is 0 Å². The van der Waals surface area contributed by atoms with E-state index in [1.807, 2.05) is 36.4 Å². The summed E-state index contributed by atoms with van der Waals surface area (Å²) in [5, 5.41) is 7.21. The zero-order valence-electron chi connectivity index (χ0n) is 14.7. The van der Waals surface area contributed by atoms with Crippen LogP contribution in [0.3, 0.4) is 0 Å². The Morgan fingerprint density at radius 1 is 1.04 bits per heavy atom. The van der Waals surface area contributed by atoms with E-state index in [1.165, 1.54) is 7.05 Å². The first kappa shape index (κ1) is 19.2. The first-order valence-electron chi connectivity index (χ1n) is 8.38. The number of rotatable bonds is 7. The Labute approximate surface area is 156 Å². The van der Waals surface area contributed by atoms with Gasteiger partial charge in [-0.05, 0) is 31.0 Å². The van der Waals surface area contributed by atoms with Crippen molar-refractivity contribution in [1.29, 1.82) is 0 Å². The van der Waals surface area contributed by atoms with Crippen LogP contribution in [0.4, 0.5) is 8.78 Å². The van der Waals surface area contributed by atoms with Gasteiger partial charge in [-0.25, -0.2) is 21.5 Å². The largest absolute Gasteiger partial charge is 0.282 e. The molecule has 0 saturated heterocycles. The molecule has 1 N–H and O–H groups in total. The Kier molecular flexibility index (Phi) is 5.67. The van der Waals surface area contributed by atoms with E-state index in [0.29, 0.717) is 18.9 Å². The van der Waals surface area contributed by atoms with E-state index in [-0.39, 0.29) is 6.54 Å². The molecule has 0 radical (unpaired) electrons. The molecule has 3 aromatic rings. The minimum Gasteiger partial charge on any atom is -0.282 e. The van der Waals surface area contributed by atoms with Crippen molar-refractivity contribution >= 4 is 10.0 Å². The van der Waals surface area contributed by atoms with Crippen LogP contribution >= 0.6 is 0 Å². The maximum absolute atomic E-state index is 13.3. The summed E-state index contributed by atoms with van der Waals surface area (Å²) in [5.74, 6) is -1.85. The van der Waals surface area contributed by atoms with Crippen molar-refractivity contribution in [3.63, 3.8) is 0 Å². The van der Waals surface area contributed by atoms with Gasteiger partial charge in [0.15, 0.2) is 0 Å². The van der Waals surface area contributed by atoms with Gasteiger partial charge in [-0.3, -0.25) is 5.10 Å². The number of hydrogen-bond acceptors (Lipinski definition) is 3. The summed E-state index contributed by atoms with van der Waals surface area (Å²) >= 11 is 0. The van der Waals surface area contributed by atoms with Crippen molar-refractivity contribution in [2.24, 2.45) is 0 Å². The standard InChI is InChI=1S/C19H19F2N3O2S/c1-24(27(25,26)18-11-15(20)10-16(21)12-18)9-5-8-17-13-19(23-22-17)14-6-3-2-4-7-14/h2-4,6-7,10-13H,5,8-9H2,1H3,(H,22,23). The maximum Gasteiger partial charge on any atom is 0.243 e. The summed E-state index contributed by atoms with van der Waals surface area (Å²) in [6.45, 7) is 0.208. The molecule has 8 heteroatoms. The summed E-state index contributed by atoms with van der Waals surface area (Å²) in [6, 6.07) is 13.9. The predicted octanol–water partition coefficient (Wildman–Crippen LogP) is 3.61. The normalized spacial score (nSPS) is 11.9. The fourth-order valence-corrected chi connectivity index (χ4v) is 3.97. The third kappa shape index (κ3) is 4.58. The molecule has 0 saturated carbocycles. The van der Waals surface area contributed by atoms with Gasteiger partial charge in [0.2, 0.25) is 10.0 Å². The minimum absolute atomic E-state index is 0.208. The average molecular weight is 391 g/mol. The number of H-pyrrole nitrogens is 1. The molecule has 5 nitrogen and oxygen atoms in total. The van der Waals surface area contributed by atoms with Gasteiger partial charge in [-0.15, -0.1) is 0 Å². The van der Waals surface area contributed by atoms with E-state index >= 15 is 0 Å². The molecule has 0 fully saturated rings. The fraction of sp³-hybridized carbons (Fsp3) is 0.211. The van der Waals surface area contributed by atoms with Crippen LogP contribution in [0.5, 0.6) is 0 Å². The monoisotopic (exact) mass is 391 g/mol. The summed E-state index contributed by atoms with van der Waals surface area (Å²) in [5.41, 5.74) is 2.70. The minimum atomic E-state index is -3.95. The summed E-state index contributed by atoms with van der Waals surface area (Å²) in [4.78, 5) is -0.393. The Balaban J connectivity index is 1.61. The lowest BCUT2D eigenvalue weighted by molar-refractivity contribution is 0.458. The third-order valence-electron chi connectivity index (χ3n) is 4.16. The number of aryl methyl sites for hydroxylation is 1. The second-order valence-electron chi connectivity index (χ2n) is 6.18. The molecule has 1 aromatic heterocycles. The van der Waals surface area contributed by atoms with E-state index in [1.54, 1.807) is 0 Å². The molecule has 1 heterocycles. The number of aromatic nitrogens is 2. The van der Waals surface area contributed by atoms with E-state index in [9.17, 15) is 17.2 Å². The van der Waals surface area contributed by atoms with Crippen molar-refractivity contribution in [2.45, 2.75) is 17.7 Å². The zero-order valence-corrected chi connectivity index (χ0v) is 15.5. The van der Waals surface area contributed by atoms with Gasteiger partial charge in [0.25, 0.3) is 0 Å². The highest BCUT2D eigenvalue weighted by Crippen LogP contribution is 2.19. The molecule has 0 aliphatic rings. The second-order valence-corrected chi connectivity index (χ2v) is 8.22. The van der Waals surface area contributed by atoms with Gasteiger partial charge in [0.05, 0.1) is 10.6 Å². The molecular weight excluding hydrogens is 372 g/mol. The molecule has 0 aliphatic carbocycles.